The van der Waals surface area contributed by atoms with E-state index < -0.39 is 5.97 Å². The van der Waals surface area contributed by atoms with Gasteiger partial charge in [0.25, 0.3) is 0 Å². The standard InChI is InChI=1S/C19H24N2O4/c1-20(11-13-6-8-14(9-7-13)19(24)25)18(23)15-10-17(22)21(12-15)16-4-2-3-5-16/h6-9,15-16H,2-5,10-12H2,1H3,(H,24,25). The highest BCUT2D eigenvalue weighted by atomic mass is 16.4. The molecule has 0 aromatic heterocycles. The summed E-state index contributed by atoms with van der Waals surface area (Å²) in [5.41, 5.74) is 1.10. The normalized spacial score (nSPS) is 20.9. The van der Waals surface area contributed by atoms with Gasteiger partial charge in [0.15, 0.2) is 0 Å². The molecule has 1 aliphatic heterocycles. The average Bonchev–Trinajstić information content (AvgIpc) is 3.23. The second-order valence-electron chi connectivity index (χ2n) is 7.08. The first-order chi connectivity index (χ1) is 12.0. The van der Waals surface area contributed by atoms with Crippen LogP contribution in [0.15, 0.2) is 24.3 Å². The Hall–Kier alpha value is -2.37. The van der Waals surface area contributed by atoms with E-state index in [1.807, 2.05) is 4.90 Å². The van der Waals surface area contributed by atoms with E-state index >= 15 is 0 Å². The van der Waals surface area contributed by atoms with Crippen molar-refractivity contribution in [3.8, 4) is 0 Å². The van der Waals surface area contributed by atoms with Crippen LogP contribution in [-0.4, -0.2) is 52.3 Å². The SMILES string of the molecule is CN(Cc1ccc(C(=O)O)cc1)C(=O)C1CC(=O)N(C2CCCC2)C1. The van der Waals surface area contributed by atoms with Crippen LogP contribution < -0.4 is 0 Å². The van der Waals surface area contributed by atoms with Gasteiger partial charge in [-0.2, -0.15) is 0 Å². The smallest absolute Gasteiger partial charge is 0.335 e. The molecular weight excluding hydrogens is 320 g/mol. The molecule has 0 bridgehead atoms. The zero-order valence-corrected chi connectivity index (χ0v) is 14.5. The van der Waals surface area contributed by atoms with Gasteiger partial charge in [-0.1, -0.05) is 25.0 Å². The molecule has 2 aliphatic rings. The van der Waals surface area contributed by atoms with Crippen molar-refractivity contribution in [3.63, 3.8) is 0 Å². The summed E-state index contributed by atoms with van der Waals surface area (Å²) >= 11 is 0. The first kappa shape index (κ1) is 17.5. The van der Waals surface area contributed by atoms with E-state index in [1.54, 1.807) is 24.1 Å². The zero-order chi connectivity index (χ0) is 18.0. The monoisotopic (exact) mass is 344 g/mol. The number of aromatic carboxylic acids is 1. The summed E-state index contributed by atoms with van der Waals surface area (Å²) in [7, 11) is 1.73. The van der Waals surface area contributed by atoms with Crippen molar-refractivity contribution in [2.24, 2.45) is 5.92 Å². The summed E-state index contributed by atoms with van der Waals surface area (Å²) in [6.45, 7) is 0.942. The van der Waals surface area contributed by atoms with E-state index in [2.05, 4.69) is 0 Å². The maximum atomic E-state index is 12.7. The van der Waals surface area contributed by atoms with E-state index in [9.17, 15) is 14.4 Å². The van der Waals surface area contributed by atoms with Crippen molar-refractivity contribution in [1.82, 2.24) is 9.80 Å². The molecule has 1 aromatic rings. The summed E-state index contributed by atoms with van der Waals surface area (Å²) in [5, 5.41) is 8.93. The molecule has 1 aromatic carbocycles. The third-order valence-corrected chi connectivity index (χ3v) is 5.27. The third kappa shape index (κ3) is 3.83. The van der Waals surface area contributed by atoms with Crippen molar-refractivity contribution < 1.29 is 19.5 Å². The lowest BCUT2D eigenvalue weighted by molar-refractivity contribution is -0.135. The summed E-state index contributed by atoms with van der Waals surface area (Å²) in [6.07, 6.45) is 4.74. The Labute approximate surface area is 147 Å². The number of carboxylic acid groups (broad SMARTS) is 1. The van der Waals surface area contributed by atoms with Gasteiger partial charge in [-0.05, 0) is 30.5 Å². The molecule has 2 amide bonds. The van der Waals surface area contributed by atoms with Crippen molar-refractivity contribution in [3.05, 3.63) is 35.4 Å². The summed E-state index contributed by atoms with van der Waals surface area (Å²) < 4.78 is 0. The molecular formula is C19H24N2O4. The lowest BCUT2D eigenvalue weighted by Gasteiger charge is -2.25. The van der Waals surface area contributed by atoms with E-state index in [0.29, 0.717) is 25.6 Å². The molecule has 25 heavy (non-hydrogen) atoms. The van der Waals surface area contributed by atoms with Crippen LogP contribution in [0.2, 0.25) is 0 Å². The molecule has 2 fully saturated rings. The number of nitrogens with zero attached hydrogens (tertiary/aromatic N) is 2. The van der Waals surface area contributed by atoms with Gasteiger partial charge >= 0.3 is 5.97 Å². The molecule has 134 valence electrons. The van der Waals surface area contributed by atoms with E-state index in [4.69, 9.17) is 5.11 Å². The molecule has 1 saturated carbocycles. The molecule has 3 rings (SSSR count). The number of carbonyl (C=O) groups is 3. The molecule has 6 nitrogen and oxygen atoms in total. The van der Waals surface area contributed by atoms with Gasteiger partial charge < -0.3 is 14.9 Å². The first-order valence-electron chi connectivity index (χ1n) is 8.82. The van der Waals surface area contributed by atoms with Crippen LogP contribution in [0.3, 0.4) is 0 Å². The topological polar surface area (TPSA) is 77.9 Å². The average molecular weight is 344 g/mol. The van der Waals surface area contributed by atoms with Gasteiger partial charge in [-0.3, -0.25) is 9.59 Å². The van der Waals surface area contributed by atoms with Crippen LogP contribution >= 0.6 is 0 Å². The van der Waals surface area contributed by atoms with Crippen LogP contribution in [0.4, 0.5) is 0 Å². The zero-order valence-electron chi connectivity index (χ0n) is 14.5. The molecule has 1 N–H and O–H groups in total. The van der Waals surface area contributed by atoms with Crippen molar-refractivity contribution in [2.75, 3.05) is 13.6 Å². The molecule has 1 heterocycles. The van der Waals surface area contributed by atoms with Crippen molar-refractivity contribution >= 4 is 17.8 Å². The van der Waals surface area contributed by atoms with Crippen LogP contribution in [-0.2, 0) is 16.1 Å². The number of carboxylic acids is 1. The Morgan fingerprint density at radius 2 is 1.84 bits per heavy atom. The Bertz CT molecular complexity index is 665. The molecule has 1 aliphatic carbocycles. The van der Waals surface area contributed by atoms with Gasteiger partial charge in [0.1, 0.15) is 0 Å². The molecule has 1 atom stereocenters. The fraction of sp³-hybridized carbons (Fsp3) is 0.526. The predicted octanol–water partition coefficient (Wildman–Crippen LogP) is 2.13. The van der Waals surface area contributed by atoms with Crippen LogP contribution in [0.25, 0.3) is 0 Å². The van der Waals surface area contributed by atoms with Crippen LogP contribution in [0, 0.1) is 5.92 Å². The highest BCUT2D eigenvalue weighted by Crippen LogP contribution is 2.30. The molecule has 6 heteroatoms. The Balaban J connectivity index is 1.58. The maximum Gasteiger partial charge on any atom is 0.335 e. The number of carbonyl (C=O) groups excluding carboxylic acids is 2. The Morgan fingerprint density at radius 1 is 1.20 bits per heavy atom. The minimum atomic E-state index is -0.965. The van der Waals surface area contributed by atoms with Crippen molar-refractivity contribution in [1.29, 1.82) is 0 Å². The number of likely N-dealkylation sites (tertiary alicyclic amines) is 1. The number of hydrogen-bond acceptors (Lipinski definition) is 3. The summed E-state index contributed by atoms with van der Waals surface area (Å²) in [6, 6.07) is 6.84. The highest BCUT2D eigenvalue weighted by Gasteiger charge is 2.39. The molecule has 0 radical (unpaired) electrons. The van der Waals surface area contributed by atoms with Crippen LogP contribution in [0.5, 0.6) is 0 Å². The maximum absolute atomic E-state index is 12.7. The second kappa shape index (κ2) is 7.25. The fourth-order valence-electron chi connectivity index (χ4n) is 3.88. The van der Waals surface area contributed by atoms with Crippen molar-refractivity contribution in [2.45, 2.75) is 44.7 Å². The molecule has 0 spiro atoms. The summed E-state index contributed by atoms with van der Waals surface area (Å²) in [5.74, 6) is -1.15. The predicted molar refractivity (Wildman–Crippen MR) is 92.0 cm³/mol. The Kier molecular flexibility index (Phi) is 5.06. The van der Waals surface area contributed by atoms with Gasteiger partial charge in [0, 0.05) is 32.6 Å². The lowest BCUT2D eigenvalue weighted by atomic mass is 10.1. The van der Waals surface area contributed by atoms with E-state index in [-0.39, 0.29) is 23.3 Å². The lowest BCUT2D eigenvalue weighted by Crippen LogP contribution is -2.37. The first-order valence-corrected chi connectivity index (χ1v) is 8.82. The number of hydrogen-bond donors (Lipinski definition) is 1. The van der Waals surface area contributed by atoms with Crippen LogP contribution in [0.1, 0.15) is 48.0 Å². The minimum absolute atomic E-state index is 0.0174. The molecule has 1 unspecified atom stereocenters. The van der Waals surface area contributed by atoms with Gasteiger partial charge in [-0.25, -0.2) is 4.79 Å². The minimum Gasteiger partial charge on any atom is -0.478 e. The van der Waals surface area contributed by atoms with Gasteiger partial charge in [0.2, 0.25) is 11.8 Å². The van der Waals surface area contributed by atoms with E-state index in [0.717, 1.165) is 18.4 Å². The van der Waals surface area contributed by atoms with Gasteiger partial charge in [-0.15, -0.1) is 0 Å². The fourth-order valence-corrected chi connectivity index (χ4v) is 3.88. The Morgan fingerprint density at radius 3 is 2.44 bits per heavy atom. The quantitative estimate of drug-likeness (QED) is 0.888. The van der Waals surface area contributed by atoms with E-state index in [1.165, 1.54) is 25.0 Å². The largest absolute Gasteiger partial charge is 0.478 e. The molecule has 1 saturated heterocycles. The summed E-state index contributed by atoms with van der Waals surface area (Å²) in [4.78, 5) is 39.4. The third-order valence-electron chi connectivity index (χ3n) is 5.27. The number of amides is 2. The highest BCUT2D eigenvalue weighted by molar-refractivity contribution is 5.89. The van der Waals surface area contributed by atoms with Gasteiger partial charge in [0.05, 0.1) is 11.5 Å². The number of rotatable bonds is 5. The second-order valence-corrected chi connectivity index (χ2v) is 7.08. The number of benzene rings is 1.